The molecular formula is C24H27NO2S2. The van der Waals surface area contributed by atoms with Gasteiger partial charge in [-0.15, -0.1) is 22.7 Å². The van der Waals surface area contributed by atoms with Crippen molar-refractivity contribution in [3.8, 4) is 6.07 Å². The molecule has 0 aliphatic heterocycles. The maximum absolute atomic E-state index is 8.74. The van der Waals surface area contributed by atoms with Crippen LogP contribution in [0.15, 0.2) is 59.3 Å². The molecule has 0 saturated carbocycles. The molecule has 3 nitrogen and oxygen atoms in total. The normalized spacial score (nSPS) is 10.2. The van der Waals surface area contributed by atoms with Crippen molar-refractivity contribution in [1.29, 1.82) is 5.26 Å². The van der Waals surface area contributed by atoms with Gasteiger partial charge in [-0.25, -0.2) is 0 Å². The first-order chi connectivity index (χ1) is 13.8. The van der Waals surface area contributed by atoms with Crippen molar-refractivity contribution in [3.05, 3.63) is 70.4 Å². The van der Waals surface area contributed by atoms with Crippen molar-refractivity contribution < 1.29 is 9.84 Å². The summed E-state index contributed by atoms with van der Waals surface area (Å²) >= 11 is 3.52. The SMILES string of the molecule is C.N#CCCOCCc1ccc2sccc2c1.OCCc1ccc2sccc2c1. The largest absolute Gasteiger partial charge is 0.396 e. The Kier molecular flexibility index (Phi) is 9.82. The number of ether oxygens (including phenoxy) is 1. The summed E-state index contributed by atoms with van der Waals surface area (Å²) in [6.45, 7) is 1.46. The van der Waals surface area contributed by atoms with Crippen LogP contribution < -0.4 is 0 Å². The van der Waals surface area contributed by atoms with E-state index in [1.165, 1.54) is 31.3 Å². The Morgan fingerprint density at radius 1 is 0.828 bits per heavy atom. The first-order valence-electron chi connectivity index (χ1n) is 9.28. The quantitative estimate of drug-likeness (QED) is 0.346. The molecule has 5 heteroatoms. The highest BCUT2D eigenvalue weighted by atomic mass is 32.1. The number of nitrogens with zero attached hydrogens (tertiary/aromatic N) is 1. The third kappa shape index (κ3) is 6.95. The molecular weight excluding hydrogens is 398 g/mol. The van der Waals surface area contributed by atoms with E-state index in [4.69, 9.17) is 15.1 Å². The summed E-state index contributed by atoms with van der Waals surface area (Å²) in [6, 6.07) is 19.2. The summed E-state index contributed by atoms with van der Waals surface area (Å²) in [5, 5.41) is 23.9. The second kappa shape index (κ2) is 12.4. The summed E-state index contributed by atoms with van der Waals surface area (Å²) in [7, 11) is 0. The summed E-state index contributed by atoms with van der Waals surface area (Å²) in [6.07, 6.45) is 2.15. The van der Waals surface area contributed by atoms with E-state index in [2.05, 4.69) is 65.4 Å². The predicted molar refractivity (Wildman–Crippen MR) is 126 cm³/mol. The van der Waals surface area contributed by atoms with Crippen LogP contribution in [0.3, 0.4) is 0 Å². The molecule has 0 radical (unpaired) electrons. The highest BCUT2D eigenvalue weighted by Gasteiger charge is 1.98. The van der Waals surface area contributed by atoms with E-state index in [0.717, 1.165) is 12.8 Å². The summed E-state index contributed by atoms with van der Waals surface area (Å²) in [5.41, 5.74) is 2.51. The van der Waals surface area contributed by atoms with Gasteiger partial charge in [0.25, 0.3) is 0 Å². The van der Waals surface area contributed by atoms with E-state index < -0.39 is 0 Å². The first kappa shape index (κ1) is 23.1. The Bertz CT molecular complexity index is 1050. The smallest absolute Gasteiger partial charge is 0.0645 e. The Morgan fingerprint density at radius 2 is 1.41 bits per heavy atom. The van der Waals surface area contributed by atoms with Gasteiger partial charge in [0.2, 0.25) is 0 Å². The van der Waals surface area contributed by atoms with Crippen LogP contribution in [0, 0.1) is 11.3 Å². The van der Waals surface area contributed by atoms with Crippen LogP contribution in [-0.2, 0) is 17.6 Å². The average Bonchev–Trinajstić information content (AvgIpc) is 3.37. The topological polar surface area (TPSA) is 53.2 Å². The molecule has 0 atom stereocenters. The standard InChI is InChI=1S/C13H13NOS.C10H10OS.CH4/c14-6-1-7-15-8-4-11-2-3-13-12(10-11)5-9-16-13;11-5-3-8-1-2-10-9(7-8)4-6-12-10;/h2-3,5,9-10H,1,4,7-8H2;1-2,4,6-7,11H,3,5H2;1H4. The summed E-state index contributed by atoms with van der Waals surface area (Å²) in [4.78, 5) is 0. The monoisotopic (exact) mass is 425 g/mol. The van der Waals surface area contributed by atoms with Gasteiger partial charge in [-0.3, -0.25) is 0 Å². The molecule has 0 unspecified atom stereocenters. The van der Waals surface area contributed by atoms with Crippen LogP contribution in [0.4, 0.5) is 0 Å². The van der Waals surface area contributed by atoms with Crippen molar-refractivity contribution in [3.63, 3.8) is 0 Å². The fraction of sp³-hybridized carbons (Fsp3) is 0.292. The molecule has 0 fully saturated rings. The van der Waals surface area contributed by atoms with Crippen molar-refractivity contribution in [2.75, 3.05) is 19.8 Å². The molecule has 4 rings (SSSR count). The number of aliphatic hydroxyl groups excluding tert-OH is 1. The molecule has 0 spiro atoms. The number of nitriles is 1. The van der Waals surface area contributed by atoms with Gasteiger partial charge >= 0.3 is 0 Å². The summed E-state index contributed by atoms with van der Waals surface area (Å²) < 4.78 is 8.00. The molecule has 29 heavy (non-hydrogen) atoms. The lowest BCUT2D eigenvalue weighted by Crippen LogP contribution is -1.99. The fourth-order valence-electron chi connectivity index (χ4n) is 2.88. The number of rotatable bonds is 7. The lowest BCUT2D eigenvalue weighted by molar-refractivity contribution is 0.143. The maximum Gasteiger partial charge on any atom is 0.0645 e. The van der Waals surface area contributed by atoms with Crippen LogP contribution in [0.25, 0.3) is 20.2 Å². The molecule has 0 bridgehead atoms. The lowest BCUT2D eigenvalue weighted by atomic mass is 10.1. The Labute approximate surface area is 180 Å². The summed E-state index contributed by atoms with van der Waals surface area (Å²) in [5.74, 6) is 0. The molecule has 2 heterocycles. The third-order valence-electron chi connectivity index (χ3n) is 4.33. The number of hydrogen-bond donors (Lipinski definition) is 1. The minimum Gasteiger partial charge on any atom is -0.396 e. The van der Waals surface area contributed by atoms with Gasteiger partial charge in [0.15, 0.2) is 0 Å². The number of fused-ring (bicyclic) bond motifs is 2. The second-order valence-corrected chi connectivity index (χ2v) is 8.23. The molecule has 2 aromatic carbocycles. The van der Waals surface area contributed by atoms with Crippen LogP contribution in [-0.4, -0.2) is 24.9 Å². The van der Waals surface area contributed by atoms with Gasteiger partial charge < -0.3 is 9.84 Å². The van der Waals surface area contributed by atoms with E-state index in [-0.39, 0.29) is 14.0 Å². The zero-order valence-electron chi connectivity index (χ0n) is 15.6. The van der Waals surface area contributed by atoms with Gasteiger partial charge in [-0.05, 0) is 69.8 Å². The molecule has 4 aromatic rings. The Morgan fingerprint density at radius 3 is 1.97 bits per heavy atom. The molecule has 2 aromatic heterocycles. The molecule has 152 valence electrons. The number of thiophene rings is 2. The lowest BCUT2D eigenvalue weighted by Gasteiger charge is -2.02. The number of aliphatic hydroxyl groups is 1. The maximum atomic E-state index is 8.74. The minimum absolute atomic E-state index is 0. The van der Waals surface area contributed by atoms with Gasteiger partial charge in [-0.1, -0.05) is 31.7 Å². The molecule has 0 aliphatic carbocycles. The molecule has 0 saturated heterocycles. The average molecular weight is 426 g/mol. The van der Waals surface area contributed by atoms with Gasteiger partial charge in [-0.2, -0.15) is 5.26 Å². The first-order valence-corrected chi connectivity index (χ1v) is 11.0. The van der Waals surface area contributed by atoms with Crippen LogP contribution in [0.2, 0.25) is 0 Å². The fourth-order valence-corrected chi connectivity index (χ4v) is 4.42. The van der Waals surface area contributed by atoms with Crippen molar-refractivity contribution in [2.45, 2.75) is 26.7 Å². The highest BCUT2D eigenvalue weighted by Crippen LogP contribution is 2.22. The Balaban J connectivity index is 0.000000207. The third-order valence-corrected chi connectivity index (χ3v) is 6.12. The number of benzene rings is 2. The highest BCUT2D eigenvalue weighted by molar-refractivity contribution is 7.17. The van der Waals surface area contributed by atoms with Crippen molar-refractivity contribution in [1.82, 2.24) is 0 Å². The van der Waals surface area contributed by atoms with E-state index >= 15 is 0 Å². The molecule has 0 amide bonds. The molecule has 1 N–H and O–H groups in total. The zero-order valence-corrected chi connectivity index (χ0v) is 17.3. The van der Waals surface area contributed by atoms with Gasteiger partial charge in [0.05, 0.1) is 25.7 Å². The van der Waals surface area contributed by atoms with Crippen LogP contribution >= 0.6 is 22.7 Å². The second-order valence-electron chi connectivity index (χ2n) is 6.33. The van der Waals surface area contributed by atoms with Crippen molar-refractivity contribution in [2.24, 2.45) is 0 Å². The van der Waals surface area contributed by atoms with Crippen molar-refractivity contribution >= 4 is 42.8 Å². The Hall–Kier alpha value is -2.23. The van der Waals surface area contributed by atoms with E-state index in [1.807, 2.05) is 0 Å². The van der Waals surface area contributed by atoms with Crippen LogP contribution in [0.5, 0.6) is 0 Å². The van der Waals surface area contributed by atoms with Gasteiger partial charge in [0, 0.05) is 16.0 Å². The predicted octanol–water partition coefficient (Wildman–Crippen LogP) is 6.45. The van der Waals surface area contributed by atoms with E-state index in [0.29, 0.717) is 19.6 Å². The van der Waals surface area contributed by atoms with Gasteiger partial charge in [0.1, 0.15) is 0 Å². The molecule has 0 aliphatic rings. The van der Waals surface area contributed by atoms with Crippen LogP contribution in [0.1, 0.15) is 25.0 Å². The van der Waals surface area contributed by atoms with E-state index in [1.54, 1.807) is 22.7 Å². The number of hydrogen-bond acceptors (Lipinski definition) is 5. The zero-order chi connectivity index (χ0) is 19.6. The van der Waals surface area contributed by atoms with E-state index in [9.17, 15) is 0 Å². The minimum atomic E-state index is 0.